The Labute approximate surface area is 145 Å². The lowest BCUT2D eigenvalue weighted by Crippen LogP contribution is -2.31. The van der Waals surface area contributed by atoms with Crippen molar-refractivity contribution in [3.63, 3.8) is 0 Å². The summed E-state index contributed by atoms with van der Waals surface area (Å²) < 4.78 is 1.21. The predicted molar refractivity (Wildman–Crippen MR) is 101 cm³/mol. The first-order chi connectivity index (χ1) is 10.0. The summed E-state index contributed by atoms with van der Waals surface area (Å²) in [6.07, 6.45) is 0.752. The van der Waals surface area contributed by atoms with Gasteiger partial charge in [-0.1, -0.05) is 78.3 Å². The van der Waals surface area contributed by atoms with Gasteiger partial charge in [-0.25, -0.2) is 0 Å². The third kappa shape index (κ3) is 4.68. The predicted octanol–water partition coefficient (Wildman–Crippen LogP) is 4.10. The minimum absolute atomic E-state index is 0.518. The number of hydrogen-bond acceptors (Lipinski definition) is 5. The van der Waals surface area contributed by atoms with E-state index in [2.05, 4.69) is 11.0 Å². The lowest BCUT2D eigenvalue weighted by atomic mass is 10.1. The van der Waals surface area contributed by atoms with Gasteiger partial charge in [0.05, 0.1) is 10.3 Å². The van der Waals surface area contributed by atoms with Crippen molar-refractivity contribution < 1.29 is 0 Å². The minimum Gasteiger partial charge on any atom is -0.357 e. The van der Waals surface area contributed by atoms with Crippen LogP contribution in [0.25, 0.3) is 0 Å². The Morgan fingerprint density at radius 2 is 2.19 bits per heavy atom. The van der Waals surface area contributed by atoms with Crippen molar-refractivity contribution in [3.8, 4) is 6.07 Å². The largest absolute Gasteiger partial charge is 0.357 e. The first-order valence-electron chi connectivity index (χ1n) is 6.65. The Bertz CT molecular complexity index is 567. The molecule has 1 atom stereocenters. The number of hydrogen-bond donors (Lipinski definition) is 0. The fourth-order valence-electron chi connectivity index (χ4n) is 1.94. The standard InChI is InChI=1S/C15H16N2S4/c1-15(11-16,7-8-17-9-10-20-14(17)19)21-13(18)12-5-3-2-4-6-12/h2-6H,7-10H2,1H3. The van der Waals surface area contributed by atoms with Gasteiger partial charge in [0.1, 0.15) is 9.07 Å². The van der Waals surface area contributed by atoms with E-state index in [1.54, 1.807) is 11.8 Å². The molecule has 1 fully saturated rings. The van der Waals surface area contributed by atoms with Gasteiger partial charge in [-0.05, 0) is 18.9 Å². The van der Waals surface area contributed by atoms with Crippen molar-refractivity contribution in [1.29, 1.82) is 5.26 Å². The van der Waals surface area contributed by atoms with Gasteiger partial charge in [0.15, 0.2) is 0 Å². The molecular formula is C15H16N2S4. The fraction of sp³-hybridized carbons (Fsp3) is 0.400. The van der Waals surface area contributed by atoms with Crippen LogP contribution in [0.3, 0.4) is 0 Å². The van der Waals surface area contributed by atoms with Gasteiger partial charge in [0.25, 0.3) is 0 Å². The molecule has 0 aromatic heterocycles. The highest BCUT2D eigenvalue weighted by Gasteiger charge is 2.29. The van der Waals surface area contributed by atoms with Gasteiger partial charge in [-0.2, -0.15) is 5.26 Å². The van der Waals surface area contributed by atoms with Crippen LogP contribution in [-0.4, -0.2) is 37.0 Å². The van der Waals surface area contributed by atoms with Crippen LogP contribution in [0.2, 0.25) is 0 Å². The van der Waals surface area contributed by atoms with Gasteiger partial charge >= 0.3 is 0 Å². The molecule has 0 spiro atoms. The maximum atomic E-state index is 9.53. The second-order valence-corrected chi connectivity index (χ2v) is 8.86. The molecule has 1 heterocycles. The van der Waals surface area contributed by atoms with Crippen LogP contribution in [0.1, 0.15) is 18.9 Å². The third-order valence-corrected chi connectivity index (χ3v) is 6.42. The maximum Gasteiger partial charge on any atom is 0.136 e. The number of thioether (sulfide) groups is 2. The molecule has 0 radical (unpaired) electrons. The Morgan fingerprint density at radius 1 is 1.48 bits per heavy atom. The van der Waals surface area contributed by atoms with Crippen molar-refractivity contribution >= 4 is 56.5 Å². The first kappa shape index (κ1) is 16.8. The topological polar surface area (TPSA) is 27.0 Å². The van der Waals surface area contributed by atoms with E-state index in [1.165, 1.54) is 11.8 Å². The Kier molecular flexibility index (Phi) is 6.06. The van der Waals surface area contributed by atoms with E-state index in [0.29, 0.717) is 0 Å². The van der Waals surface area contributed by atoms with Crippen LogP contribution in [-0.2, 0) is 0 Å². The van der Waals surface area contributed by atoms with Crippen LogP contribution in [0.4, 0.5) is 0 Å². The second kappa shape index (κ2) is 7.59. The highest BCUT2D eigenvalue weighted by atomic mass is 32.2. The van der Waals surface area contributed by atoms with Crippen molar-refractivity contribution in [3.05, 3.63) is 35.9 Å². The number of benzene rings is 1. The molecule has 1 aliphatic rings. The summed E-state index contributed by atoms with van der Waals surface area (Å²) in [6.45, 7) is 3.76. The van der Waals surface area contributed by atoms with Crippen molar-refractivity contribution in [2.24, 2.45) is 0 Å². The number of nitriles is 1. The minimum atomic E-state index is -0.518. The number of rotatable bonds is 5. The SMILES string of the molecule is CC(C#N)(CCN1CCSC1=S)SC(=S)c1ccccc1. The Balaban J connectivity index is 1.96. The molecule has 0 amide bonds. The second-order valence-electron chi connectivity index (χ2n) is 4.95. The normalized spacial score (nSPS) is 17.3. The molecule has 1 saturated heterocycles. The Morgan fingerprint density at radius 3 is 2.76 bits per heavy atom. The smallest absolute Gasteiger partial charge is 0.136 e. The van der Waals surface area contributed by atoms with Crippen LogP contribution in [0.5, 0.6) is 0 Å². The molecular weight excluding hydrogens is 336 g/mol. The zero-order valence-electron chi connectivity index (χ0n) is 11.7. The third-order valence-electron chi connectivity index (χ3n) is 3.27. The van der Waals surface area contributed by atoms with E-state index in [1.807, 2.05) is 37.3 Å². The van der Waals surface area contributed by atoms with E-state index in [0.717, 1.165) is 39.3 Å². The first-order valence-corrected chi connectivity index (χ1v) is 9.27. The summed E-state index contributed by atoms with van der Waals surface area (Å²) in [4.78, 5) is 2.18. The van der Waals surface area contributed by atoms with E-state index in [-0.39, 0.29) is 0 Å². The summed E-state index contributed by atoms with van der Waals surface area (Å²) in [5, 5.41) is 9.53. The average molecular weight is 353 g/mol. The number of thiocarbonyl (C=S) groups is 2. The average Bonchev–Trinajstić information content (AvgIpc) is 2.91. The molecule has 0 bridgehead atoms. The van der Waals surface area contributed by atoms with E-state index in [4.69, 9.17) is 24.4 Å². The summed E-state index contributed by atoms with van der Waals surface area (Å²) in [6, 6.07) is 12.3. The van der Waals surface area contributed by atoms with E-state index in [9.17, 15) is 5.26 Å². The molecule has 0 saturated carbocycles. The van der Waals surface area contributed by atoms with Crippen molar-refractivity contribution in [2.75, 3.05) is 18.8 Å². The molecule has 1 unspecified atom stereocenters. The van der Waals surface area contributed by atoms with E-state index < -0.39 is 4.75 Å². The molecule has 1 aromatic carbocycles. The van der Waals surface area contributed by atoms with Gasteiger partial charge in [-0.15, -0.1) is 0 Å². The van der Waals surface area contributed by atoms with Gasteiger partial charge in [-0.3, -0.25) is 0 Å². The molecule has 1 aliphatic heterocycles. The molecule has 0 N–H and O–H groups in total. The molecule has 110 valence electrons. The van der Waals surface area contributed by atoms with Gasteiger partial charge in [0.2, 0.25) is 0 Å². The monoisotopic (exact) mass is 352 g/mol. The molecule has 21 heavy (non-hydrogen) atoms. The molecule has 2 nitrogen and oxygen atoms in total. The summed E-state index contributed by atoms with van der Waals surface area (Å²) in [5.74, 6) is 1.05. The van der Waals surface area contributed by atoms with Crippen molar-refractivity contribution in [2.45, 2.75) is 18.1 Å². The highest BCUT2D eigenvalue weighted by Crippen LogP contribution is 2.33. The zero-order chi connectivity index (χ0) is 15.3. The summed E-state index contributed by atoms with van der Waals surface area (Å²) in [5.41, 5.74) is 1.01. The Hall–Kier alpha value is -0.610. The van der Waals surface area contributed by atoms with Crippen molar-refractivity contribution in [1.82, 2.24) is 4.90 Å². The lowest BCUT2D eigenvalue weighted by Gasteiger charge is -2.25. The molecule has 6 heteroatoms. The zero-order valence-corrected chi connectivity index (χ0v) is 15.0. The van der Waals surface area contributed by atoms with Gasteiger partial charge < -0.3 is 4.90 Å². The number of nitrogens with zero attached hydrogens (tertiary/aromatic N) is 2. The van der Waals surface area contributed by atoms with Crippen LogP contribution in [0.15, 0.2) is 30.3 Å². The quantitative estimate of drug-likeness (QED) is 0.741. The van der Waals surface area contributed by atoms with E-state index >= 15 is 0 Å². The highest BCUT2D eigenvalue weighted by molar-refractivity contribution is 8.24. The molecule has 0 aliphatic carbocycles. The van der Waals surface area contributed by atoms with Crippen LogP contribution >= 0.6 is 48.0 Å². The maximum absolute atomic E-state index is 9.53. The van der Waals surface area contributed by atoms with Crippen LogP contribution in [0, 0.1) is 11.3 Å². The molecule has 2 rings (SSSR count). The summed E-state index contributed by atoms with van der Waals surface area (Å²) in [7, 11) is 0. The fourth-order valence-corrected chi connectivity index (χ4v) is 4.82. The van der Waals surface area contributed by atoms with Crippen LogP contribution < -0.4 is 0 Å². The lowest BCUT2D eigenvalue weighted by molar-refractivity contribution is 0.442. The summed E-state index contributed by atoms with van der Waals surface area (Å²) >= 11 is 14.0. The van der Waals surface area contributed by atoms with Gasteiger partial charge in [0, 0.05) is 18.8 Å². The molecule has 1 aromatic rings.